The van der Waals surface area contributed by atoms with Gasteiger partial charge in [-0.05, 0) is 48.5 Å². The summed E-state index contributed by atoms with van der Waals surface area (Å²) < 4.78 is 5.77. The van der Waals surface area contributed by atoms with Crippen LogP contribution in [0.1, 0.15) is 10.4 Å². The van der Waals surface area contributed by atoms with E-state index in [1.165, 1.54) is 12.4 Å². The van der Waals surface area contributed by atoms with Gasteiger partial charge in [-0.1, -0.05) is 36.4 Å². The van der Waals surface area contributed by atoms with Gasteiger partial charge in [0.25, 0.3) is 5.91 Å². The predicted molar refractivity (Wildman–Crippen MR) is 113 cm³/mol. The molecule has 0 saturated heterocycles. The van der Waals surface area contributed by atoms with E-state index < -0.39 is 0 Å². The van der Waals surface area contributed by atoms with Crippen LogP contribution in [0.4, 0.5) is 17.3 Å². The Bertz CT molecular complexity index is 1070. The molecule has 6 nitrogen and oxygen atoms in total. The second kappa shape index (κ2) is 8.67. The van der Waals surface area contributed by atoms with Crippen molar-refractivity contribution in [3.63, 3.8) is 0 Å². The number of rotatable bonds is 6. The van der Waals surface area contributed by atoms with Crippen molar-refractivity contribution < 1.29 is 9.53 Å². The van der Waals surface area contributed by atoms with Gasteiger partial charge in [0, 0.05) is 23.8 Å². The molecule has 0 aliphatic heterocycles. The first-order valence-electron chi connectivity index (χ1n) is 9.05. The lowest BCUT2D eigenvalue weighted by molar-refractivity contribution is 0.102. The lowest BCUT2D eigenvalue weighted by atomic mass is 10.3. The van der Waals surface area contributed by atoms with E-state index in [1.807, 2.05) is 84.9 Å². The van der Waals surface area contributed by atoms with Crippen LogP contribution in [0.5, 0.6) is 11.5 Å². The molecule has 0 fully saturated rings. The zero-order chi connectivity index (χ0) is 19.9. The van der Waals surface area contributed by atoms with Crippen LogP contribution in [0.3, 0.4) is 0 Å². The molecular weight excluding hydrogens is 364 g/mol. The molecule has 0 radical (unpaired) electrons. The Labute approximate surface area is 168 Å². The third-order valence-corrected chi connectivity index (χ3v) is 4.04. The van der Waals surface area contributed by atoms with Crippen molar-refractivity contribution in [2.24, 2.45) is 0 Å². The highest BCUT2D eigenvalue weighted by Crippen LogP contribution is 2.23. The standard InChI is InChI=1S/C23H18N4O2/c28-22(26-18-7-3-1-4-8-18)17-15-24-23(25-16-17)27-19-11-13-21(14-12-19)29-20-9-5-2-6-10-20/h1-16H,(H,26,28)(H,24,25,27). The molecular formula is C23H18N4O2. The third-order valence-electron chi connectivity index (χ3n) is 4.04. The fourth-order valence-electron chi connectivity index (χ4n) is 2.59. The Morgan fingerprint density at radius 3 is 1.93 bits per heavy atom. The summed E-state index contributed by atoms with van der Waals surface area (Å²) >= 11 is 0. The van der Waals surface area contributed by atoms with E-state index in [0.717, 1.165) is 22.9 Å². The molecule has 4 rings (SSSR count). The van der Waals surface area contributed by atoms with Gasteiger partial charge in [0.2, 0.25) is 5.95 Å². The number of anilines is 3. The van der Waals surface area contributed by atoms with Crippen LogP contribution in [-0.2, 0) is 0 Å². The molecule has 0 aliphatic carbocycles. The smallest absolute Gasteiger partial charge is 0.258 e. The number of nitrogens with zero attached hydrogens (tertiary/aromatic N) is 2. The molecule has 0 unspecified atom stereocenters. The summed E-state index contributed by atoms with van der Waals surface area (Å²) in [6.07, 6.45) is 2.97. The van der Waals surface area contributed by atoms with Crippen molar-refractivity contribution in [2.75, 3.05) is 10.6 Å². The van der Waals surface area contributed by atoms with E-state index in [2.05, 4.69) is 20.6 Å². The van der Waals surface area contributed by atoms with E-state index in [-0.39, 0.29) is 5.91 Å². The highest BCUT2D eigenvalue weighted by molar-refractivity contribution is 6.03. The molecule has 0 spiro atoms. The summed E-state index contributed by atoms with van der Waals surface area (Å²) in [6, 6.07) is 26.3. The van der Waals surface area contributed by atoms with Crippen LogP contribution in [-0.4, -0.2) is 15.9 Å². The highest BCUT2D eigenvalue weighted by Gasteiger charge is 2.08. The minimum Gasteiger partial charge on any atom is -0.457 e. The number of carbonyl (C=O) groups is 1. The molecule has 1 aromatic heterocycles. The van der Waals surface area contributed by atoms with Crippen LogP contribution in [0.25, 0.3) is 0 Å². The molecule has 0 saturated carbocycles. The Kier molecular flexibility index (Phi) is 5.43. The maximum Gasteiger partial charge on any atom is 0.258 e. The minimum absolute atomic E-state index is 0.259. The second-order valence-electron chi connectivity index (χ2n) is 6.18. The largest absolute Gasteiger partial charge is 0.457 e. The fraction of sp³-hybridized carbons (Fsp3) is 0. The number of carbonyl (C=O) groups excluding carboxylic acids is 1. The van der Waals surface area contributed by atoms with E-state index in [4.69, 9.17) is 4.74 Å². The molecule has 1 heterocycles. The van der Waals surface area contributed by atoms with Crippen molar-refractivity contribution in [1.82, 2.24) is 9.97 Å². The van der Waals surface area contributed by atoms with Crippen LogP contribution in [0, 0.1) is 0 Å². The SMILES string of the molecule is O=C(Nc1ccccc1)c1cnc(Nc2ccc(Oc3ccccc3)cc2)nc1. The van der Waals surface area contributed by atoms with Gasteiger partial charge < -0.3 is 15.4 Å². The van der Waals surface area contributed by atoms with Crippen molar-refractivity contribution in [3.05, 3.63) is 103 Å². The quantitative estimate of drug-likeness (QED) is 0.475. The lowest BCUT2D eigenvalue weighted by Crippen LogP contribution is -2.13. The summed E-state index contributed by atoms with van der Waals surface area (Å²) in [7, 11) is 0. The van der Waals surface area contributed by atoms with Gasteiger partial charge in [-0.2, -0.15) is 0 Å². The Morgan fingerprint density at radius 1 is 0.690 bits per heavy atom. The Morgan fingerprint density at radius 2 is 1.28 bits per heavy atom. The molecule has 0 atom stereocenters. The summed E-state index contributed by atoms with van der Waals surface area (Å²) in [5.74, 6) is 1.65. The summed E-state index contributed by atoms with van der Waals surface area (Å²) in [4.78, 5) is 20.7. The van der Waals surface area contributed by atoms with Crippen LogP contribution < -0.4 is 15.4 Å². The first-order chi connectivity index (χ1) is 14.3. The van der Waals surface area contributed by atoms with Crippen LogP contribution >= 0.6 is 0 Å². The van der Waals surface area contributed by atoms with Crippen LogP contribution in [0.15, 0.2) is 97.3 Å². The van der Waals surface area contributed by atoms with E-state index >= 15 is 0 Å². The predicted octanol–water partition coefficient (Wildman–Crippen LogP) is 5.26. The molecule has 4 aromatic rings. The normalized spacial score (nSPS) is 10.2. The first kappa shape index (κ1) is 18.2. The molecule has 142 valence electrons. The number of hydrogen-bond donors (Lipinski definition) is 2. The van der Waals surface area contributed by atoms with Crippen molar-refractivity contribution in [3.8, 4) is 11.5 Å². The first-order valence-corrected chi connectivity index (χ1v) is 9.05. The lowest BCUT2D eigenvalue weighted by Gasteiger charge is -2.08. The number of amides is 1. The maximum atomic E-state index is 12.2. The van der Waals surface area contributed by atoms with Gasteiger partial charge in [0.15, 0.2) is 0 Å². The number of benzene rings is 3. The maximum absolute atomic E-state index is 12.2. The molecule has 1 amide bonds. The number of hydrogen-bond acceptors (Lipinski definition) is 5. The van der Waals surface area contributed by atoms with Crippen molar-refractivity contribution in [1.29, 1.82) is 0 Å². The summed E-state index contributed by atoms with van der Waals surface area (Å²) in [6.45, 7) is 0. The van der Waals surface area contributed by atoms with E-state index in [0.29, 0.717) is 11.5 Å². The zero-order valence-electron chi connectivity index (χ0n) is 15.4. The van der Waals surface area contributed by atoms with Gasteiger partial charge in [0.1, 0.15) is 11.5 Å². The number of aromatic nitrogens is 2. The Balaban J connectivity index is 1.36. The molecule has 0 bridgehead atoms. The third kappa shape index (κ3) is 4.95. The van der Waals surface area contributed by atoms with E-state index in [1.54, 1.807) is 0 Å². The number of para-hydroxylation sites is 2. The minimum atomic E-state index is -0.259. The van der Waals surface area contributed by atoms with Crippen LogP contribution in [0.2, 0.25) is 0 Å². The number of ether oxygens (including phenoxy) is 1. The van der Waals surface area contributed by atoms with Crippen molar-refractivity contribution in [2.45, 2.75) is 0 Å². The van der Waals surface area contributed by atoms with Gasteiger partial charge in [-0.25, -0.2) is 9.97 Å². The zero-order valence-corrected chi connectivity index (χ0v) is 15.4. The Hall–Kier alpha value is -4.19. The second-order valence-corrected chi connectivity index (χ2v) is 6.18. The molecule has 6 heteroatoms. The highest BCUT2D eigenvalue weighted by atomic mass is 16.5. The molecule has 0 aliphatic rings. The average molecular weight is 382 g/mol. The topological polar surface area (TPSA) is 76.1 Å². The summed E-state index contributed by atoms with van der Waals surface area (Å²) in [5, 5.41) is 5.90. The van der Waals surface area contributed by atoms with Gasteiger partial charge in [-0.3, -0.25) is 4.79 Å². The molecule has 3 aromatic carbocycles. The summed E-state index contributed by atoms with van der Waals surface area (Å²) in [5.41, 5.74) is 1.91. The number of nitrogens with one attached hydrogen (secondary N) is 2. The van der Waals surface area contributed by atoms with Gasteiger partial charge in [0.05, 0.1) is 5.56 Å². The fourth-order valence-corrected chi connectivity index (χ4v) is 2.59. The monoisotopic (exact) mass is 382 g/mol. The van der Waals surface area contributed by atoms with E-state index in [9.17, 15) is 4.79 Å². The van der Waals surface area contributed by atoms with Gasteiger partial charge in [-0.15, -0.1) is 0 Å². The molecule has 29 heavy (non-hydrogen) atoms. The van der Waals surface area contributed by atoms with Gasteiger partial charge >= 0.3 is 0 Å². The van der Waals surface area contributed by atoms with Crippen molar-refractivity contribution >= 4 is 23.2 Å². The molecule has 2 N–H and O–H groups in total. The average Bonchev–Trinajstić information content (AvgIpc) is 2.77.